The van der Waals surface area contributed by atoms with Gasteiger partial charge in [-0.2, -0.15) is 0 Å². The molecule has 646 valence electrons. The number of anilines is 16. The smallest absolute Gasteiger partial charge is 0.409 e. The van der Waals surface area contributed by atoms with Crippen LogP contribution < -0.4 is 58.1 Å². The number of pyridine rings is 7. The third kappa shape index (κ3) is 13.8. The Morgan fingerprint density at radius 2 is 0.508 bits per heavy atom. The third-order valence-electron chi connectivity index (χ3n) is 26.0. The molecule has 0 bridgehead atoms. The second kappa shape index (κ2) is 33.3. The highest BCUT2D eigenvalue weighted by molar-refractivity contribution is 6.78. The summed E-state index contributed by atoms with van der Waals surface area (Å²) in [5.74, 6) is 8.13. The maximum absolute atomic E-state index is 6.14. The molecule has 16 aromatic rings. The molecule has 0 amide bonds. The minimum Gasteiger partial charge on any atom is -0.436 e. The Bertz CT molecular complexity index is 6310. The lowest BCUT2D eigenvalue weighted by Crippen LogP contribution is -2.58. The molecule has 0 saturated carbocycles. The Kier molecular flexibility index (Phi) is 21.3. The van der Waals surface area contributed by atoms with E-state index in [1.165, 1.54) is 21.9 Å². The first-order valence-corrected chi connectivity index (χ1v) is 44.6. The molecule has 0 fully saturated rings. The first-order valence-electron chi connectivity index (χ1n) is 44.6. The van der Waals surface area contributed by atoms with E-state index < -0.39 is 0 Å². The molecular weight excluding hydrogens is 1610 g/mol. The second-order valence-corrected chi connectivity index (χ2v) is 34.2. The van der Waals surface area contributed by atoms with Gasteiger partial charge in [-0.1, -0.05) is 109 Å². The predicted molar refractivity (Wildman–Crippen MR) is 534 cm³/mol. The van der Waals surface area contributed by atoms with Crippen LogP contribution in [0.2, 0.25) is 0 Å². The Morgan fingerprint density at radius 3 is 0.838 bits per heavy atom. The summed E-state index contributed by atoms with van der Waals surface area (Å²) in [6.07, 6.45) is 18.0. The maximum atomic E-state index is 6.14. The molecule has 0 radical (unpaired) electrons. The van der Waals surface area contributed by atoms with Gasteiger partial charge in [0.1, 0.15) is 5.82 Å². The zero-order chi connectivity index (χ0) is 89.9. The molecule has 8 aliphatic rings. The monoisotopic (exact) mass is 1720 g/mol. The standard InChI is InChI=1S/3C25H24BN5O.C24H23BN6O.C2H6/c2*1-16-15-22-23(20-13-12-17(2)28-25(20)32-22)29(4)26(16)31-18(3)30(19-9-6-5-7-10-19)24-21(31)11-8-14-27-24;1-16-15-22-23(20-13-12-17(2)28-25(20)32-22)29(4)26(16)31-18(3)30(19-9-6-5-7-10-19)21-11-8-14-27-24(21)31;1-15-14-20-21(19-11-10-16(2)28-24(19)32-20)29(4)25(15)31-17(3)30(18-8-6-5-7-9-18)22-23(31)27-13-12-26-22;1-2/h3*5-15,18H,1-4H3;5-14,17H,1-4H3;1-2H3/t3*18-;17-;/m0000./s1. The summed E-state index contributed by atoms with van der Waals surface area (Å²) in [4.78, 5) is 70.3. The highest BCUT2D eigenvalue weighted by atomic mass is 16.4. The highest BCUT2D eigenvalue weighted by Gasteiger charge is 2.52. The number of aryl methyl sites for hydroxylation is 4. The van der Waals surface area contributed by atoms with E-state index in [0.717, 1.165) is 159 Å². The summed E-state index contributed by atoms with van der Waals surface area (Å²) < 4.78 is 24.5. The van der Waals surface area contributed by atoms with Gasteiger partial charge in [0.25, 0.3) is 0 Å². The van der Waals surface area contributed by atoms with Gasteiger partial charge in [-0.25, -0.2) is 44.9 Å². The number of hydrogen-bond donors (Lipinski definition) is 0. The SMILES string of the molecule is CC.CC1=Cc2oc3nc(C)ccc3c2N(C)B1N1c2cccnc2N(c2ccccc2)[C@@H]1C.CC1=Cc2oc3nc(C)ccc3c2N(C)B1N1c2cccnc2N(c2ccccc2)[C@@H]1C.CC1=Cc2oc3nc(C)ccc3c2N(C)B1N1c2ncccc2N(c2ccccc2)[C@@H]1C.CC1=Cc2oc3nc(C)ccc3c2N(C)B1N1c2nccnc2N(c2ccccc2)[C@@H]1C. The van der Waals surface area contributed by atoms with Crippen LogP contribution in [0.25, 0.3) is 68.7 Å². The number of benzene rings is 4. The van der Waals surface area contributed by atoms with Crippen LogP contribution in [0.5, 0.6) is 0 Å². The van der Waals surface area contributed by atoms with Crippen molar-refractivity contribution in [3.63, 3.8) is 0 Å². The van der Waals surface area contributed by atoms with Crippen LogP contribution in [0.15, 0.2) is 277 Å². The van der Waals surface area contributed by atoms with Crippen LogP contribution in [0.1, 0.15) is 115 Å². The summed E-state index contributed by atoms with van der Waals surface area (Å²) >= 11 is 0. The number of furan rings is 4. The predicted octanol–water partition coefficient (Wildman–Crippen LogP) is 22.1. The number of aromatic nitrogens is 9. The number of fused-ring (bicyclic) bond motifs is 16. The van der Waals surface area contributed by atoms with E-state index in [1.807, 2.05) is 121 Å². The van der Waals surface area contributed by atoms with Gasteiger partial charge in [-0.05, 0) is 269 Å². The molecule has 25 nitrogen and oxygen atoms in total. The number of allylic oxidation sites excluding steroid dienone is 4. The Labute approximate surface area is 759 Å². The molecule has 4 aromatic carbocycles. The van der Waals surface area contributed by atoms with Crippen LogP contribution in [-0.2, 0) is 0 Å². The average molecular weight is 1720 g/mol. The molecule has 20 heterocycles. The second-order valence-electron chi connectivity index (χ2n) is 34.2. The Morgan fingerprint density at radius 1 is 0.254 bits per heavy atom. The normalized spacial score (nSPS) is 17.4. The van der Waals surface area contributed by atoms with Crippen molar-refractivity contribution in [2.75, 3.05) is 86.3 Å². The van der Waals surface area contributed by atoms with Gasteiger partial charge in [-0.15, -0.1) is 0 Å². The quantitative estimate of drug-likeness (QED) is 0.130. The first-order chi connectivity index (χ1) is 63.2. The van der Waals surface area contributed by atoms with Gasteiger partial charge in [0.2, 0.25) is 22.9 Å². The van der Waals surface area contributed by atoms with E-state index in [2.05, 4.69) is 332 Å². The summed E-state index contributed by atoms with van der Waals surface area (Å²) in [7, 11) is 8.53. The number of para-hydroxylation sites is 4. The van der Waals surface area contributed by atoms with Crippen molar-refractivity contribution in [2.24, 2.45) is 0 Å². The molecule has 24 rings (SSSR count). The van der Waals surface area contributed by atoms with E-state index >= 15 is 0 Å². The molecule has 0 N–H and O–H groups in total. The van der Waals surface area contributed by atoms with Crippen LogP contribution in [0, 0.1) is 27.7 Å². The van der Waals surface area contributed by atoms with Gasteiger partial charge in [0, 0.05) is 76.5 Å². The Balaban J connectivity index is 0.000000108. The third-order valence-corrected chi connectivity index (χ3v) is 26.0. The fourth-order valence-electron chi connectivity index (χ4n) is 20.6. The molecule has 0 aliphatic carbocycles. The summed E-state index contributed by atoms with van der Waals surface area (Å²) in [5, 5.41) is 4.14. The fraction of sp³-hybridized carbons (Fsp3) is 0.218. The number of rotatable bonds is 8. The maximum Gasteiger partial charge on any atom is 0.409 e. The van der Waals surface area contributed by atoms with Gasteiger partial charge in [0.15, 0.2) is 46.3 Å². The van der Waals surface area contributed by atoms with E-state index in [0.29, 0.717) is 22.9 Å². The van der Waals surface area contributed by atoms with E-state index in [4.69, 9.17) is 42.6 Å². The van der Waals surface area contributed by atoms with Gasteiger partial charge in [-0.3, -0.25) is 0 Å². The zero-order valence-electron chi connectivity index (χ0n) is 76.5. The topological polar surface area (TPSA) is 207 Å². The summed E-state index contributed by atoms with van der Waals surface area (Å²) in [6.45, 7) is 29.5. The van der Waals surface area contributed by atoms with Crippen LogP contribution in [0.3, 0.4) is 0 Å². The molecule has 12 aromatic heterocycles. The van der Waals surface area contributed by atoms with Gasteiger partial charge in [0.05, 0.1) is 86.0 Å². The Hall–Kier alpha value is -15.0. The molecule has 0 spiro atoms. The molecular formula is C101H101B4N21O4. The minimum atomic E-state index is -0.0382. The average Bonchev–Trinajstić information content (AvgIpc) is 1.58. The van der Waals surface area contributed by atoms with Crippen molar-refractivity contribution in [3.8, 4) is 0 Å². The molecule has 8 aliphatic heterocycles. The van der Waals surface area contributed by atoms with Crippen molar-refractivity contribution in [1.82, 2.24) is 44.9 Å². The van der Waals surface area contributed by atoms with Crippen LogP contribution in [0.4, 0.5) is 91.7 Å². The number of hydrogen-bond acceptors (Lipinski definition) is 25. The molecule has 29 heteroatoms. The molecule has 0 saturated heterocycles. The van der Waals surface area contributed by atoms with E-state index in [-0.39, 0.29) is 52.6 Å². The van der Waals surface area contributed by atoms with Gasteiger partial charge < -0.3 is 75.8 Å². The lowest BCUT2D eigenvalue weighted by molar-refractivity contribution is 0.590. The van der Waals surface area contributed by atoms with Crippen molar-refractivity contribution in [3.05, 3.63) is 305 Å². The van der Waals surface area contributed by atoms with Crippen molar-refractivity contribution < 1.29 is 17.7 Å². The zero-order valence-corrected chi connectivity index (χ0v) is 76.5. The molecule has 4 atom stereocenters. The van der Waals surface area contributed by atoms with E-state index in [1.54, 1.807) is 12.4 Å². The van der Waals surface area contributed by atoms with Crippen molar-refractivity contribution in [1.29, 1.82) is 0 Å². The summed E-state index contributed by atoms with van der Waals surface area (Å²) in [6, 6.07) is 70.9. The number of nitrogens with zero attached hydrogens (tertiary/aromatic N) is 21. The minimum absolute atomic E-state index is 0.00182. The fourth-order valence-corrected chi connectivity index (χ4v) is 20.6. The lowest BCUT2D eigenvalue weighted by atomic mass is 9.61. The highest BCUT2D eigenvalue weighted by Crippen LogP contribution is 2.53. The van der Waals surface area contributed by atoms with Crippen molar-refractivity contribution >= 4 is 188 Å². The largest absolute Gasteiger partial charge is 0.436 e. The van der Waals surface area contributed by atoms with Crippen molar-refractivity contribution in [2.45, 2.75) is 122 Å². The lowest BCUT2D eigenvalue weighted by Gasteiger charge is -2.40. The first kappa shape index (κ1) is 83.2. The van der Waals surface area contributed by atoms with E-state index in [9.17, 15) is 0 Å². The summed E-state index contributed by atoms with van der Waals surface area (Å²) in [5.41, 5.74) is 23.5. The van der Waals surface area contributed by atoms with Crippen LogP contribution in [-0.4, -0.2) is 126 Å². The molecule has 130 heavy (non-hydrogen) atoms. The van der Waals surface area contributed by atoms with Gasteiger partial charge >= 0.3 is 27.9 Å². The van der Waals surface area contributed by atoms with Crippen LogP contribution >= 0.6 is 0 Å². The molecule has 0 unspecified atom stereocenters.